The molecule has 1 amide bonds. The van der Waals surface area contributed by atoms with Crippen LogP contribution in [0.2, 0.25) is 0 Å². The Kier molecular flexibility index (Phi) is 5.36. The molecule has 0 saturated heterocycles. The third kappa shape index (κ3) is 5.01. The lowest BCUT2D eigenvalue weighted by Gasteiger charge is -2.00. The molecule has 98 valence electrons. The van der Waals surface area contributed by atoms with Crippen molar-refractivity contribution in [3.8, 4) is 0 Å². The summed E-state index contributed by atoms with van der Waals surface area (Å²) in [6, 6.07) is 11.9. The van der Waals surface area contributed by atoms with E-state index in [-0.39, 0.29) is 5.91 Å². The van der Waals surface area contributed by atoms with Gasteiger partial charge in [0.15, 0.2) is 0 Å². The average Bonchev–Trinajstić information content (AvgIpc) is 2.90. The normalized spacial score (nSPS) is 10.8. The lowest BCUT2D eigenvalue weighted by Crippen LogP contribution is -2.23. The second-order valence-corrected chi connectivity index (χ2v) is 5.96. The van der Waals surface area contributed by atoms with Gasteiger partial charge in [0.2, 0.25) is 5.91 Å². The highest BCUT2D eigenvalue weighted by molar-refractivity contribution is 9.10. The summed E-state index contributed by atoms with van der Waals surface area (Å²) in [5.41, 5.74) is 1.00. The molecule has 1 heterocycles. The zero-order valence-electron chi connectivity index (χ0n) is 10.3. The number of nitrogens with one attached hydrogen (secondary N) is 1. The summed E-state index contributed by atoms with van der Waals surface area (Å²) in [5.74, 6) is -0.0588. The third-order valence-corrected chi connectivity index (χ3v) is 3.96. The summed E-state index contributed by atoms with van der Waals surface area (Å²) in [6.07, 6.45) is 4.26. The molecule has 0 bridgehead atoms. The van der Waals surface area contributed by atoms with Crippen LogP contribution in [0.4, 0.5) is 0 Å². The summed E-state index contributed by atoms with van der Waals surface area (Å²) in [6.45, 7) is 0.669. The van der Waals surface area contributed by atoms with Crippen molar-refractivity contribution in [1.82, 2.24) is 5.32 Å². The molecule has 4 heteroatoms. The van der Waals surface area contributed by atoms with Crippen molar-refractivity contribution in [1.29, 1.82) is 0 Å². The molecule has 0 atom stereocenters. The zero-order chi connectivity index (χ0) is 13.5. The average molecular weight is 336 g/mol. The van der Waals surface area contributed by atoms with Crippen molar-refractivity contribution < 1.29 is 4.79 Å². The largest absolute Gasteiger partial charge is 0.352 e. The Morgan fingerprint density at radius 3 is 2.95 bits per heavy atom. The summed E-state index contributed by atoms with van der Waals surface area (Å²) >= 11 is 5.11. The van der Waals surface area contributed by atoms with E-state index in [0.717, 1.165) is 16.5 Å². The van der Waals surface area contributed by atoms with Gasteiger partial charge in [-0.05, 0) is 41.6 Å². The zero-order valence-corrected chi connectivity index (χ0v) is 12.7. The Morgan fingerprint density at radius 1 is 1.32 bits per heavy atom. The van der Waals surface area contributed by atoms with E-state index in [2.05, 4.69) is 27.3 Å². The second kappa shape index (κ2) is 7.26. The minimum atomic E-state index is -0.0588. The molecule has 1 aromatic heterocycles. The van der Waals surface area contributed by atoms with Crippen LogP contribution < -0.4 is 5.32 Å². The molecule has 2 rings (SSSR count). The maximum absolute atomic E-state index is 11.6. The van der Waals surface area contributed by atoms with E-state index < -0.39 is 0 Å². The fourth-order valence-electron chi connectivity index (χ4n) is 1.60. The Labute approximate surface area is 125 Å². The van der Waals surface area contributed by atoms with Crippen molar-refractivity contribution >= 4 is 39.2 Å². The van der Waals surface area contributed by atoms with Crippen LogP contribution in [-0.4, -0.2) is 12.5 Å². The van der Waals surface area contributed by atoms with E-state index in [9.17, 15) is 4.79 Å². The number of thiophene rings is 1. The quantitative estimate of drug-likeness (QED) is 0.825. The maximum atomic E-state index is 11.6. The molecule has 0 radical (unpaired) electrons. The van der Waals surface area contributed by atoms with Gasteiger partial charge in [0, 0.05) is 22.0 Å². The Balaban J connectivity index is 1.78. The highest BCUT2D eigenvalue weighted by atomic mass is 79.9. The van der Waals surface area contributed by atoms with Crippen molar-refractivity contribution in [3.63, 3.8) is 0 Å². The summed E-state index contributed by atoms with van der Waals surface area (Å²) in [4.78, 5) is 12.9. The third-order valence-electron chi connectivity index (χ3n) is 2.53. The first-order chi connectivity index (χ1) is 9.24. The van der Waals surface area contributed by atoms with E-state index in [0.29, 0.717) is 6.54 Å². The van der Waals surface area contributed by atoms with Gasteiger partial charge < -0.3 is 5.32 Å². The number of hydrogen-bond donors (Lipinski definition) is 1. The molecular formula is C15H14BrNOS. The molecule has 1 N–H and O–H groups in total. The molecule has 0 aliphatic rings. The van der Waals surface area contributed by atoms with Gasteiger partial charge in [-0.3, -0.25) is 4.79 Å². The van der Waals surface area contributed by atoms with Gasteiger partial charge in [-0.15, -0.1) is 11.3 Å². The van der Waals surface area contributed by atoms with Crippen LogP contribution in [0.1, 0.15) is 10.4 Å². The highest BCUT2D eigenvalue weighted by Crippen LogP contribution is 2.12. The van der Waals surface area contributed by atoms with Crippen molar-refractivity contribution in [2.45, 2.75) is 6.42 Å². The van der Waals surface area contributed by atoms with Crippen molar-refractivity contribution in [2.24, 2.45) is 0 Å². The first-order valence-electron chi connectivity index (χ1n) is 5.98. The van der Waals surface area contributed by atoms with Crippen LogP contribution in [0.25, 0.3) is 6.08 Å². The van der Waals surface area contributed by atoms with Crippen LogP contribution in [0.15, 0.2) is 52.3 Å². The predicted octanol–water partition coefficient (Wildman–Crippen LogP) is 3.88. The number of hydrogen-bond acceptors (Lipinski definition) is 2. The van der Waals surface area contributed by atoms with Gasteiger partial charge in [0.1, 0.15) is 0 Å². The first kappa shape index (κ1) is 14.0. The predicted molar refractivity (Wildman–Crippen MR) is 84.2 cm³/mol. The SMILES string of the molecule is O=C(/C=C/c1cccc(Br)c1)NCCc1cccs1. The number of carbonyl (C=O) groups excluding carboxylic acids is 1. The Bertz CT molecular complexity index is 563. The molecule has 1 aromatic carbocycles. The first-order valence-corrected chi connectivity index (χ1v) is 7.65. The monoisotopic (exact) mass is 335 g/mol. The molecule has 0 aliphatic heterocycles. The molecule has 0 spiro atoms. The van der Waals surface area contributed by atoms with E-state index >= 15 is 0 Å². The van der Waals surface area contributed by atoms with Crippen LogP contribution in [-0.2, 0) is 11.2 Å². The van der Waals surface area contributed by atoms with Gasteiger partial charge >= 0.3 is 0 Å². The van der Waals surface area contributed by atoms with Gasteiger partial charge in [-0.1, -0.05) is 34.1 Å². The van der Waals surface area contributed by atoms with Crippen molar-refractivity contribution in [2.75, 3.05) is 6.54 Å². The number of carbonyl (C=O) groups is 1. The van der Waals surface area contributed by atoms with E-state index in [1.54, 1.807) is 17.4 Å². The van der Waals surface area contributed by atoms with Crippen LogP contribution in [0.5, 0.6) is 0 Å². The smallest absolute Gasteiger partial charge is 0.244 e. The summed E-state index contributed by atoms with van der Waals surface area (Å²) in [7, 11) is 0. The van der Waals surface area contributed by atoms with Crippen LogP contribution in [0.3, 0.4) is 0 Å². The van der Waals surface area contributed by atoms with Gasteiger partial charge in [-0.25, -0.2) is 0 Å². The molecular weight excluding hydrogens is 322 g/mol. The molecule has 0 aliphatic carbocycles. The lowest BCUT2D eigenvalue weighted by atomic mass is 10.2. The van der Waals surface area contributed by atoms with E-state index in [1.165, 1.54) is 4.88 Å². The van der Waals surface area contributed by atoms with E-state index in [1.807, 2.05) is 41.8 Å². The molecule has 2 aromatic rings. The Hall–Kier alpha value is -1.39. The molecule has 19 heavy (non-hydrogen) atoms. The summed E-state index contributed by atoms with van der Waals surface area (Å²) in [5, 5.41) is 4.92. The molecule has 0 saturated carbocycles. The topological polar surface area (TPSA) is 29.1 Å². The fraction of sp³-hybridized carbons (Fsp3) is 0.133. The number of benzene rings is 1. The molecule has 0 fully saturated rings. The highest BCUT2D eigenvalue weighted by Gasteiger charge is 1.97. The molecule has 0 unspecified atom stereocenters. The lowest BCUT2D eigenvalue weighted by molar-refractivity contribution is -0.116. The van der Waals surface area contributed by atoms with Crippen LogP contribution >= 0.6 is 27.3 Å². The number of amides is 1. The second-order valence-electron chi connectivity index (χ2n) is 4.01. The van der Waals surface area contributed by atoms with Gasteiger partial charge in [0.25, 0.3) is 0 Å². The van der Waals surface area contributed by atoms with Crippen LogP contribution in [0, 0.1) is 0 Å². The number of halogens is 1. The van der Waals surface area contributed by atoms with E-state index in [4.69, 9.17) is 0 Å². The maximum Gasteiger partial charge on any atom is 0.244 e. The van der Waals surface area contributed by atoms with Gasteiger partial charge in [0.05, 0.1) is 0 Å². The Morgan fingerprint density at radius 2 is 2.21 bits per heavy atom. The fourth-order valence-corrected chi connectivity index (χ4v) is 2.73. The summed E-state index contributed by atoms with van der Waals surface area (Å²) < 4.78 is 1.01. The minimum absolute atomic E-state index is 0.0588. The van der Waals surface area contributed by atoms with Crippen molar-refractivity contribution in [3.05, 3.63) is 62.8 Å². The molecule has 2 nitrogen and oxygen atoms in total. The standard InChI is InChI=1S/C15H14BrNOS/c16-13-4-1-3-12(11-13)6-7-15(18)17-9-8-14-5-2-10-19-14/h1-7,10-11H,8-9H2,(H,17,18)/b7-6+. The number of rotatable bonds is 5. The van der Waals surface area contributed by atoms with Gasteiger partial charge in [-0.2, -0.15) is 0 Å². The minimum Gasteiger partial charge on any atom is -0.352 e.